The summed E-state index contributed by atoms with van der Waals surface area (Å²) >= 11 is 0. The molecule has 44 heavy (non-hydrogen) atoms. The predicted molar refractivity (Wildman–Crippen MR) is 216 cm³/mol. The van der Waals surface area contributed by atoms with Gasteiger partial charge in [0.15, 0.2) is 0 Å². The molecule has 1 aliphatic carbocycles. The fraction of sp³-hybridized carbons (Fsp3) is 0.784. The highest BCUT2D eigenvalue weighted by Crippen LogP contribution is 2.77. The molecule has 1 fully saturated rings. The van der Waals surface area contributed by atoms with Crippen LogP contribution in [0.5, 0.6) is 0 Å². The number of hydrogen-bond acceptors (Lipinski definition) is 1. The Kier molecular flexibility index (Phi) is 9.32. The second-order valence-corrected chi connectivity index (χ2v) is 82.2. The van der Waals surface area contributed by atoms with E-state index in [2.05, 4.69) is 178 Å². The Morgan fingerprint density at radius 2 is 0.932 bits per heavy atom. The SMILES string of the molecule is COC1[C@@H](c2ccccc2)[C@]1(C)C1=C[Si]([Si](C)(C)C(C)(C)C)([Si](C)(C)C(C)(C)C)[Si]1([Si](C)(C)C(C)(C)C)[Si](C)(C)C(C)(C)C. The van der Waals surface area contributed by atoms with E-state index < -0.39 is 43.6 Å². The molecule has 0 spiro atoms. The van der Waals surface area contributed by atoms with Crippen LogP contribution >= 0.6 is 0 Å². The van der Waals surface area contributed by atoms with E-state index in [0.717, 1.165) is 0 Å². The lowest BCUT2D eigenvalue weighted by atomic mass is 10.0. The molecule has 1 unspecified atom stereocenters. The summed E-state index contributed by atoms with van der Waals surface area (Å²) in [4.78, 5) is 0. The van der Waals surface area contributed by atoms with E-state index in [-0.39, 0.29) is 11.5 Å². The van der Waals surface area contributed by atoms with E-state index in [9.17, 15) is 0 Å². The molecule has 3 atom stereocenters. The molecular formula is C37H74OSi6. The first kappa shape index (κ1) is 38.7. The molecule has 0 aromatic heterocycles. The summed E-state index contributed by atoms with van der Waals surface area (Å²) in [6.45, 7) is 54.2. The Labute approximate surface area is 280 Å². The van der Waals surface area contributed by atoms with Crippen LogP contribution in [0.2, 0.25) is 72.5 Å². The summed E-state index contributed by atoms with van der Waals surface area (Å²) < 4.78 is 6.61. The van der Waals surface area contributed by atoms with Gasteiger partial charge in [-0.05, 0) is 25.7 Å². The second-order valence-electron chi connectivity index (χ2n) is 21.4. The molecule has 252 valence electrons. The number of rotatable bonds is 7. The fourth-order valence-corrected chi connectivity index (χ4v) is 237. The lowest BCUT2D eigenvalue weighted by molar-refractivity contribution is 0.156. The number of ether oxygens (including phenoxy) is 1. The van der Waals surface area contributed by atoms with Crippen molar-refractivity contribution in [2.45, 2.75) is 175 Å². The Balaban J connectivity index is 2.78. The maximum atomic E-state index is 6.61. The molecule has 0 radical (unpaired) electrons. The van der Waals surface area contributed by atoms with Gasteiger partial charge in [-0.1, -0.05) is 178 Å². The summed E-state index contributed by atoms with van der Waals surface area (Å²) in [5, 5.41) is 3.46. The van der Waals surface area contributed by atoms with Crippen LogP contribution in [-0.4, -0.2) is 56.8 Å². The third-order valence-electron chi connectivity index (χ3n) is 16.1. The van der Waals surface area contributed by atoms with Gasteiger partial charge in [0.1, 0.15) is 0 Å². The molecule has 2 aliphatic rings. The van der Waals surface area contributed by atoms with Crippen molar-refractivity contribution < 1.29 is 4.74 Å². The molecule has 1 aromatic rings. The smallest absolute Gasteiger partial charge is 0.0742 e. The summed E-state index contributed by atoms with van der Waals surface area (Å²) in [6, 6.07) is 11.5. The maximum Gasteiger partial charge on any atom is 0.0742 e. The first-order chi connectivity index (χ1) is 19.3. The lowest BCUT2D eigenvalue weighted by Gasteiger charge is -2.81. The van der Waals surface area contributed by atoms with E-state index in [0.29, 0.717) is 26.1 Å². The van der Waals surface area contributed by atoms with Gasteiger partial charge >= 0.3 is 0 Å². The van der Waals surface area contributed by atoms with Crippen LogP contribution in [0.1, 0.15) is 101 Å². The van der Waals surface area contributed by atoms with Crippen molar-refractivity contribution in [2.24, 2.45) is 5.41 Å². The second kappa shape index (κ2) is 10.6. The molecule has 1 heterocycles. The molecular weight excluding hydrogens is 629 g/mol. The van der Waals surface area contributed by atoms with Gasteiger partial charge < -0.3 is 4.74 Å². The van der Waals surface area contributed by atoms with E-state index in [1.807, 2.05) is 12.3 Å². The molecule has 0 N–H and O–H groups in total. The highest BCUT2D eigenvalue weighted by molar-refractivity contribution is 8.14. The maximum absolute atomic E-state index is 6.61. The molecule has 1 nitrogen and oxygen atoms in total. The van der Waals surface area contributed by atoms with Crippen LogP contribution in [0.15, 0.2) is 41.2 Å². The van der Waals surface area contributed by atoms with Gasteiger partial charge in [0.2, 0.25) is 0 Å². The Morgan fingerprint density at radius 3 is 1.23 bits per heavy atom. The summed E-state index contributed by atoms with van der Waals surface area (Å²) in [5.74, 6) is 0.465. The van der Waals surface area contributed by atoms with E-state index >= 15 is 0 Å². The zero-order valence-corrected chi connectivity index (χ0v) is 39.5. The predicted octanol–water partition coefficient (Wildman–Crippen LogP) is 12.1. The van der Waals surface area contributed by atoms with Crippen LogP contribution in [0.3, 0.4) is 0 Å². The third kappa shape index (κ3) is 4.50. The van der Waals surface area contributed by atoms with Crippen LogP contribution in [0.25, 0.3) is 0 Å². The van der Waals surface area contributed by atoms with Crippen molar-refractivity contribution in [2.75, 3.05) is 7.11 Å². The number of hydrogen-bond donors (Lipinski definition) is 0. The average Bonchev–Trinajstić information content (AvgIpc) is 3.40. The molecule has 0 bridgehead atoms. The van der Waals surface area contributed by atoms with Gasteiger partial charge in [-0.15, -0.1) is 5.70 Å². The van der Waals surface area contributed by atoms with Crippen molar-refractivity contribution in [3.8, 4) is 0 Å². The number of benzene rings is 1. The first-order valence-corrected chi connectivity index (χ1v) is 38.7. The van der Waals surface area contributed by atoms with Crippen LogP contribution in [0, 0.1) is 5.41 Å². The van der Waals surface area contributed by atoms with Crippen molar-refractivity contribution in [1.82, 2.24) is 0 Å². The fourth-order valence-electron chi connectivity index (χ4n) is 10.3. The summed E-state index contributed by atoms with van der Waals surface area (Å²) in [5.41, 5.74) is 4.88. The Bertz CT molecular complexity index is 1210. The largest absolute Gasteiger partial charge is 0.380 e. The van der Waals surface area contributed by atoms with Crippen LogP contribution < -0.4 is 0 Å². The van der Waals surface area contributed by atoms with Crippen LogP contribution in [-0.2, 0) is 4.74 Å². The Morgan fingerprint density at radius 1 is 0.591 bits per heavy atom. The van der Waals surface area contributed by atoms with Gasteiger partial charge in [-0.2, -0.15) is 0 Å². The average molecular weight is 704 g/mol. The standard InChI is InChI=1S/C37H74OSi6/c1-33(2,3)39(15,16)43(40(17,18)34(4,5)6)28-30(37(13)31(32(37)38-14)29-26-24-23-25-27-29)44(43,41(19,20)35(7,8)9)42(21,22)36(10,11)12/h23-28,31-32H,1-22H3/t31-,32?,37+/m1/s1. The minimum absolute atomic E-state index is 0.106. The molecule has 0 amide bonds. The lowest BCUT2D eigenvalue weighted by Crippen LogP contribution is -3.05. The minimum atomic E-state index is -2.15. The minimum Gasteiger partial charge on any atom is -0.380 e. The Hall–Kier alpha value is 0.221. The molecule has 1 saturated carbocycles. The molecule has 1 aliphatic heterocycles. The van der Waals surface area contributed by atoms with Crippen LogP contribution in [0.4, 0.5) is 0 Å². The number of methoxy groups -OCH3 is 1. The van der Waals surface area contributed by atoms with Crippen molar-refractivity contribution in [1.29, 1.82) is 0 Å². The van der Waals surface area contributed by atoms with Gasteiger partial charge in [0.25, 0.3) is 0 Å². The first-order valence-electron chi connectivity index (χ1n) is 17.6. The highest BCUT2D eigenvalue weighted by atomic mass is 30.2. The van der Waals surface area contributed by atoms with E-state index in [1.165, 1.54) is 5.56 Å². The van der Waals surface area contributed by atoms with Crippen molar-refractivity contribution in [3.63, 3.8) is 0 Å². The normalized spacial score (nSPS) is 26.6. The van der Waals surface area contributed by atoms with Crippen molar-refractivity contribution in [3.05, 3.63) is 46.8 Å². The quantitative estimate of drug-likeness (QED) is 0.257. The highest BCUT2D eigenvalue weighted by Gasteiger charge is 2.89. The van der Waals surface area contributed by atoms with Gasteiger partial charge in [0.05, 0.1) is 19.4 Å². The van der Waals surface area contributed by atoms with Gasteiger partial charge in [-0.3, -0.25) is 0 Å². The third-order valence-corrected chi connectivity index (χ3v) is 150. The summed E-state index contributed by atoms with van der Waals surface area (Å²) in [7, 11) is -5.52. The summed E-state index contributed by atoms with van der Waals surface area (Å²) in [6.07, 6.45) is 0.281. The van der Waals surface area contributed by atoms with Gasteiger partial charge in [0, 0.05) is 48.8 Å². The molecule has 1 aromatic carbocycles. The van der Waals surface area contributed by atoms with Gasteiger partial charge in [-0.25, -0.2) is 0 Å². The zero-order valence-electron chi connectivity index (χ0n) is 33.5. The zero-order chi connectivity index (χ0) is 34.8. The molecule has 7 heteroatoms. The topological polar surface area (TPSA) is 9.23 Å². The van der Waals surface area contributed by atoms with Crippen molar-refractivity contribution >= 4 is 43.6 Å². The van der Waals surface area contributed by atoms with E-state index in [1.54, 1.807) is 0 Å². The molecule has 0 saturated heterocycles. The molecule has 3 rings (SSSR count). The van der Waals surface area contributed by atoms with E-state index in [4.69, 9.17) is 4.74 Å². The monoisotopic (exact) mass is 702 g/mol.